The minimum atomic E-state index is -2.12. The van der Waals surface area contributed by atoms with E-state index in [1.165, 1.54) is 45.2 Å². The second-order valence-electron chi connectivity index (χ2n) is 11.8. The molecule has 49 heavy (non-hydrogen) atoms. The number of phenolic OH excluding ortho intramolecular Hbond substituents is 3. The molecule has 4 atom stereocenters. The number of methoxy groups -OCH3 is 1. The van der Waals surface area contributed by atoms with Crippen LogP contribution < -0.4 is 24.3 Å². The molecule has 0 spiro atoms. The molecule has 1 amide bonds. The molecule has 1 aliphatic carbocycles. The molecule has 0 radical (unpaired) electrons. The molecule has 5 N–H and O–H groups in total. The highest BCUT2D eigenvalue weighted by atomic mass is 16.7. The Labute approximate surface area is 279 Å². The fraction of sp³-hybridized carbons (Fsp3) is 0.286. The third-order valence-electron chi connectivity index (χ3n) is 8.21. The zero-order valence-corrected chi connectivity index (χ0v) is 26.6. The third kappa shape index (κ3) is 6.63. The zero-order chi connectivity index (χ0) is 35.0. The molecule has 14 heteroatoms. The van der Waals surface area contributed by atoms with Crippen LogP contribution in [0.3, 0.4) is 0 Å². The third-order valence-corrected chi connectivity index (χ3v) is 8.21. The molecule has 0 saturated carbocycles. The SMILES string of the molecule is COc1cc(C2Oc3cc(C4Oc5cc(O)cc(O)c5C(=O)C4(C)O)ccc3OC2COC(=O)OC2=CC=C(NC(C)=O)CC2)ccc1O. The van der Waals surface area contributed by atoms with Gasteiger partial charge in [0.15, 0.2) is 46.9 Å². The predicted molar refractivity (Wildman–Crippen MR) is 169 cm³/mol. The number of Topliss-reactive ketones (excluding diaryl/α,β-unsaturated/α-hetero) is 1. The zero-order valence-electron chi connectivity index (χ0n) is 26.6. The van der Waals surface area contributed by atoms with Crippen molar-refractivity contribution < 1.29 is 63.2 Å². The summed E-state index contributed by atoms with van der Waals surface area (Å²) in [5.74, 6) is -1.15. The lowest BCUT2D eigenvalue weighted by Crippen LogP contribution is -2.47. The van der Waals surface area contributed by atoms with Crippen LogP contribution in [-0.2, 0) is 14.3 Å². The summed E-state index contributed by atoms with van der Waals surface area (Å²) in [6.45, 7) is 2.35. The lowest BCUT2D eigenvalue weighted by atomic mass is 9.82. The Bertz CT molecular complexity index is 1900. The molecule has 256 valence electrons. The number of allylic oxidation sites excluding steroid dienone is 4. The van der Waals surface area contributed by atoms with Gasteiger partial charge in [0, 0.05) is 36.7 Å². The van der Waals surface area contributed by atoms with Crippen LogP contribution in [0, 0.1) is 0 Å². The predicted octanol–water partition coefficient (Wildman–Crippen LogP) is 4.61. The van der Waals surface area contributed by atoms with Gasteiger partial charge in [-0.15, -0.1) is 0 Å². The maximum atomic E-state index is 13.3. The summed E-state index contributed by atoms with van der Waals surface area (Å²) in [5.41, 5.74) is -0.880. The van der Waals surface area contributed by atoms with Crippen molar-refractivity contribution in [2.45, 2.75) is 50.6 Å². The van der Waals surface area contributed by atoms with E-state index in [1.54, 1.807) is 30.4 Å². The van der Waals surface area contributed by atoms with Crippen LogP contribution in [0.5, 0.6) is 40.2 Å². The van der Waals surface area contributed by atoms with E-state index in [-0.39, 0.29) is 52.6 Å². The number of phenols is 3. The Balaban J connectivity index is 1.25. The quantitative estimate of drug-likeness (QED) is 0.218. The van der Waals surface area contributed by atoms with Gasteiger partial charge in [0.05, 0.1) is 7.11 Å². The molecule has 2 aliphatic heterocycles. The first-order chi connectivity index (χ1) is 23.3. The number of ether oxygens (including phenoxy) is 6. The van der Waals surface area contributed by atoms with E-state index in [2.05, 4.69) is 5.32 Å². The van der Waals surface area contributed by atoms with Gasteiger partial charge in [-0.05, 0) is 55.3 Å². The van der Waals surface area contributed by atoms with E-state index >= 15 is 0 Å². The first kappa shape index (κ1) is 33.0. The van der Waals surface area contributed by atoms with Crippen molar-refractivity contribution in [2.24, 2.45) is 0 Å². The number of fused-ring (bicyclic) bond motifs is 2. The van der Waals surface area contributed by atoms with Crippen LogP contribution >= 0.6 is 0 Å². The van der Waals surface area contributed by atoms with Crippen LogP contribution in [-0.4, -0.2) is 63.7 Å². The first-order valence-corrected chi connectivity index (χ1v) is 15.2. The number of hydrogen-bond donors (Lipinski definition) is 5. The minimum absolute atomic E-state index is 0.111. The number of carbonyl (C=O) groups excluding carboxylic acids is 3. The van der Waals surface area contributed by atoms with Crippen LogP contribution in [0.1, 0.15) is 60.4 Å². The maximum Gasteiger partial charge on any atom is 0.513 e. The molecule has 3 aliphatic rings. The Kier molecular flexibility index (Phi) is 8.73. The fourth-order valence-electron chi connectivity index (χ4n) is 5.82. The van der Waals surface area contributed by atoms with E-state index in [4.69, 9.17) is 28.4 Å². The fourth-order valence-corrected chi connectivity index (χ4v) is 5.82. The second-order valence-corrected chi connectivity index (χ2v) is 11.8. The molecule has 3 aromatic rings. The number of benzene rings is 3. The summed E-state index contributed by atoms with van der Waals surface area (Å²) >= 11 is 0. The Morgan fingerprint density at radius 3 is 2.41 bits per heavy atom. The van der Waals surface area contributed by atoms with Crippen molar-refractivity contribution in [3.8, 4) is 40.2 Å². The van der Waals surface area contributed by atoms with E-state index in [0.29, 0.717) is 35.4 Å². The summed E-state index contributed by atoms with van der Waals surface area (Å²) in [7, 11) is 1.39. The van der Waals surface area contributed by atoms with Gasteiger partial charge in [-0.3, -0.25) is 9.59 Å². The molecule has 0 aromatic heterocycles. The molecule has 0 fully saturated rings. The van der Waals surface area contributed by atoms with Gasteiger partial charge in [-0.1, -0.05) is 12.1 Å². The molecular weight excluding hydrogens is 642 g/mol. The van der Waals surface area contributed by atoms with E-state index in [9.17, 15) is 34.8 Å². The van der Waals surface area contributed by atoms with Crippen molar-refractivity contribution in [3.05, 3.63) is 88.8 Å². The van der Waals surface area contributed by atoms with Gasteiger partial charge >= 0.3 is 6.16 Å². The van der Waals surface area contributed by atoms with Crippen LogP contribution in [0.25, 0.3) is 0 Å². The Hall–Kier alpha value is -5.89. The maximum absolute atomic E-state index is 13.3. The number of aromatic hydroxyl groups is 3. The summed E-state index contributed by atoms with van der Waals surface area (Å²) in [6.07, 6.45) is -0.0450. The highest BCUT2D eigenvalue weighted by Crippen LogP contribution is 2.48. The molecule has 14 nitrogen and oxygen atoms in total. The summed E-state index contributed by atoms with van der Waals surface area (Å²) in [6, 6.07) is 11.3. The number of carbonyl (C=O) groups is 3. The highest BCUT2D eigenvalue weighted by molar-refractivity contribution is 6.08. The van der Waals surface area contributed by atoms with Gasteiger partial charge in [0.25, 0.3) is 0 Å². The van der Waals surface area contributed by atoms with E-state index in [1.807, 2.05) is 0 Å². The van der Waals surface area contributed by atoms with Crippen molar-refractivity contribution >= 4 is 17.8 Å². The van der Waals surface area contributed by atoms with E-state index in [0.717, 1.165) is 6.07 Å². The summed E-state index contributed by atoms with van der Waals surface area (Å²) in [5, 5.41) is 44.5. The van der Waals surface area contributed by atoms with Gasteiger partial charge in [0.2, 0.25) is 11.7 Å². The van der Waals surface area contributed by atoms with Crippen LogP contribution in [0.4, 0.5) is 4.79 Å². The number of rotatable bonds is 7. The molecule has 0 saturated heterocycles. The first-order valence-electron chi connectivity index (χ1n) is 15.2. The van der Waals surface area contributed by atoms with Crippen LogP contribution in [0.15, 0.2) is 72.1 Å². The monoisotopic (exact) mass is 675 g/mol. The summed E-state index contributed by atoms with van der Waals surface area (Å²) in [4.78, 5) is 37.2. The van der Waals surface area contributed by atoms with Crippen molar-refractivity contribution in [1.82, 2.24) is 5.32 Å². The van der Waals surface area contributed by atoms with Crippen molar-refractivity contribution in [3.63, 3.8) is 0 Å². The van der Waals surface area contributed by atoms with Gasteiger partial charge in [-0.2, -0.15) is 0 Å². The average molecular weight is 676 g/mol. The van der Waals surface area contributed by atoms with Crippen LogP contribution in [0.2, 0.25) is 0 Å². The van der Waals surface area contributed by atoms with Crippen molar-refractivity contribution in [1.29, 1.82) is 0 Å². The van der Waals surface area contributed by atoms with Gasteiger partial charge < -0.3 is 54.2 Å². The number of hydrogen-bond acceptors (Lipinski definition) is 13. The lowest BCUT2D eigenvalue weighted by Gasteiger charge is -2.38. The van der Waals surface area contributed by atoms with Gasteiger partial charge in [-0.25, -0.2) is 4.79 Å². The average Bonchev–Trinajstić information content (AvgIpc) is 3.05. The van der Waals surface area contributed by atoms with Gasteiger partial charge in [0.1, 0.15) is 35.2 Å². The number of ketones is 1. The Morgan fingerprint density at radius 2 is 1.69 bits per heavy atom. The Morgan fingerprint density at radius 1 is 0.918 bits per heavy atom. The van der Waals surface area contributed by atoms with E-state index < -0.39 is 41.6 Å². The molecular formula is C35H33NO13. The number of nitrogens with one attached hydrogen (secondary N) is 1. The smallest absolute Gasteiger partial charge is 0.508 e. The summed E-state index contributed by atoms with van der Waals surface area (Å²) < 4.78 is 34.6. The largest absolute Gasteiger partial charge is 0.513 e. The second kappa shape index (κ2) is 13.0. The topological polar surface area (TPSA) is 200 Å². The molecule has 0 bridgehead atoms. The lowest BCUT2D eigenvalue weighted by molar-refractivity contribution is -0.118. The highest BCUT2D eigenvalue weighted by Gasteiger charge is 2.49. The molecule has 6 rings (SSSR count). The minimum Gasteiger partial charge on any atom is -0.508 e. The van der Waals surface area contributed by atoms with Crippen molar-refractivity contribution in [2.75, 3.05) is 13.7 Å². The standard InChI is InChI=1S/C35H33NO13/c1-17(37)36-20-6-8-22(9-7-20)46-34(42)45-16-29-31(18-4-10-23(39)26(12-18)44-3)48-27-13-19(5-11-25(27)47-29)33-35(2,43)32(41)30-24(40)14-21(38)15-28(30)49-33/h4-6,8,10-15,29,31,33,38-40,43H,7,9,16H2,1-3H3,(H,36,37). The number of amides is 1. The normalized spacial score (nSPS) is 22.4. The molecule has 4 unspecified atom stereocenters. The number of aliphatic hydroxyl groups is 1. The molecule has 2 heterocycles. The molecule has 3 aromatic carbocycles.